The summed E-state index contributed by atoms with van der Waals surface area (Å²) in [5, 5.41) is 2.68. The van der Waals surface area contributed by atoms with Gasteiger partial charge in [-0.25, -0.2) is 0 Å². The molecule has 2 heteroatoms. The van der Waals surface area contributed by atoms with E-state index in [0.717, 1.165) is 38.4 Å². The highest BCUT2D eigenvalue weighted by Gasteiger charge is 2.32. The van der Waals surface area contributed by atoms with Gasteiger partial charge in [-0.1, -0.05) is 42.5 Å². The average Bonchev–Trinajstić information content (AvgIpc) is 2.49. The van der Waals surface area contributed by atoms with Gasteiger partial charge in [0.15, 0.2) is 0 Å². The van der Waals surface area contributed by atoms with Crippen LogP contribution in [-0.4, -0.2) is 19.1 Å². The lowest BCUT2D eigenvalue weighted by Gasteiger charge is -2.36. The van der Waals surface area contributed by atoms with E-state index in [-0.39, 0.29) is 5.41 Å². The number of benzene rings is 2. The molecule has 1 nitrogen and oxygen atoms in total. The molecule has 1 fully saturated rings. The van der Waals surface area contributed by atoms with Crippen LogP contribution in [0.2, 0.25) is 0 Å². The first-order chi connectivity index (χ1) is 9.33. The maximum absolute atomic E-state index is 6.28. The molecule has 2 aromatic rings. The topological polar surface area (TPSA) is 9.23 Å². The van der Waals surface area contributed by atoms with Crippen molar-refractivity contribution < 1.29 is 4.74 Å². The molecule has 0 saturated carbocycles. The predicted molar refractivity (Wildman–Crippen MR) is 80.9 cm³/mol. The number of ether oxygens (including phenoxy) is 1. The van der Waals surface area contributed by atoms with Gasteiger partial charge in [-0.15, -0.1) is 11.6 Å². The van der Waals surface area contributed by atoms with Gasteiger partial charge in [0.2, 0.25) is 0 Å². The second-order valence-electron chi connectivity index (χ2n) is 5.56. The fourth-order valence-corrected chi connectivity index (χ4v) is 3.37. The second-order valence-corrected chi connectivity index (χ2v) is 5.83. The van der Waals surface area contributed by atoms with Crippen LogP contribution in [0.25, 0.3) is 10.8 Å². The smallest absolute Gasteiger partial charge is 0.0471 e. The summed E-state index contributed by atoms with van der Waals surface area (Å²) in [5.41, 5.74) is 1.63. The summed E-state index contributed by atoms with van der Waals surface area (Å²) in [7, 11) is 0. The Hall–Kier alpha value is -1.05. The molecule has 0 radical (unpaired) electrons. The Labute approximate surface area is 119 Å². The maximum Gasteiger partial charge on any atom is 0.0471 e. The van der Waals surface area contributed by atoms with Crippen molar-refractivity contribution in [1.82, 2.24) is 0 Å². The van der Waals surface area contributed by atoms with E-state index in [1.807, 2.05) is 0 Å². The molecule has 2 aromatic carbocycles. The molecule has 19 heavy (non-hydrogen) atoms. The van der Waals surface area contributed by atoms with Gasteiger partial charge < -0.3 is 4.74 Å². The zero-order valence-electron chi connectivity index (χ0n) is 11.1. The first-order valence-electron chi connectivity index (χ1n) is 6.93. The SMILES string of the molecule is ClCC1(Cc2cccc3ccccc23)CCOCC1. The van der Waals surface area contributed by atoms with Crippen molar-refractivity contribution in [3.05, 3.63) is 48.0 Å². The highest BCUT2D eigenvalue weighted by Crippen LogP contribution is 2.37. The molecule has 0 spiro atoms. The monoisotopic (exact) mass is 274 g/mol. The first kappa shape index (κ1) is 13.0. The summed E-state index contributed by atoms with van der Waals surface area (Å²) >= 11 is 6.28. The molecule has 100 valence electrons. The van der Waals surface area contributed by atoms with Gasteiger partial charge >= 0.3 is 0 Å². The van der Waals surface area contributed by atoms with Crippen LogP contribution in [0.3, 0.4) is 0 Å². The third-order valence-electron chi connectivity index (χ3n) is 4.28. The lowest BCUT2D eigenvalue weighted by atomic mass is 9.76. The molecule has 0 bridgehead atoms. The van der Waals surface area contributed by atoms with E-state index < -0.39 is 0 Å². The van der Waals surface area contributed by atoms with Gasteiger partial charge in [-0.2, -0.15) is 0 Å². The van der Waals surface area contributed by atoms with Crippen molar-refractivity contribution in [2.24, 2.45) is 5.41 Å². The lowest BCUT2D eigenvalue weighted by molar-refractivity contribution is 0.0259. The van der Waals surface area contributed by atoms with Crippen LogP contribution in [0.4, 0.5) is 0 Å². The highest BCUT2D eigenvalue weighted by molar-refractivity contribution is 6.18. The molecule has 1 saturated heterocycles. The Morgan fingerprint density at radius 3 is 2.53 bits per heavy atom. The van der Waals surface area contributed by atoms with Crippen molar-refractivity contribution in [1.29, 1.82) is 0 Å². The van der Waals surface area contributed by atoms with E-state index in [0.29, 0.717) is 0 Å². The third-order valence-corrected chi connectivity index (χ3v) is 4.85. The molecular formula is C17H19ClO. The summed E-state index contributed by atoms with van der Waals surface area (Å²) in [6, 6.07) is 15.2. The highest BCUT2D eigenvalue weighted by atomic mass is 35.5. The van der Waals surface area contributed by atoms with Crippen LogP contribution in [0.5, 0.6) is 0 Å². The molecule has 0 aromatic heterocycles. The van der Waals surface area contributed by atoms with Crippen LogP contribution in [0.1, 0.15) is 18.4 Å². The van der Waals surface area contributed by atoms with Crippen molar-refractivity contribution in [2.45, 2.75) is 19.3 Å². The zero-order chi connectivity index (χ0) is 13.1. The summed E-state index contributed by atoms with van der Waals surface area (Å²) in [6.07, 6.45) is 3.20. The minimum atomic E-state index is 0.212. The summed E-state index contributed by atoms with van der Waals surface area (Å²) in [4.78, 5) is 0. The molecule has 1 heterocycles. The van der Waals surface area contributed by atoms with Crippen LogP contribution >= 0.6 is 11.6 Å². The van der Waals surface area contributed by atoms with Crippen LogP contribution in [0.15, 0.2) is 42.5 Å². The van der Waals surface area contributed by atoms with E-state index in [1.54, 1.807) is 0 Å². The van der Waals surface area contributed by atoms with E-state index in [4.69, 9.17) is 16.3 Å². The fraction of sp³-hybridized carbons (Fsp3) is 0.412. The first-order valence-corrected chi connectivity index (χ1v) is 7.47. The number of fused-ring (bicyclic) bond motifs is 1. The number of rotatable bonds is 3. The van der Waals surface area contributed by atoms with Gasteiger partial charge in [-0.3, -0.25) is 0 Å². The van der Waals surface area contributed by atoms with Crippen LogP contribution < -0.4 is 0 Å². The van der Waals surface area contributed by atoms with Crippen LogP contribution in [0, 0.1) is 5.41 Å². The third kappa shape index (κ3) is 2.63. The molecule has 1 aliphatic heterocycles. The van der Waals surface area contributed by atoms with Crippen molar-refractivity contribution in [2.75, 3.05) is 19.1 Å². The molecule has 3 rings (SSSR count). The Bertz CT molecular complexity index is 553. The van der Waals surface area contributed by atoms with Crippen molar-refractivity contribution in [3.63, 3.8) is 0 Å². The number of hydrogen-bond acceptors (Lipinski definition) is 1. The van der Waals surface area contributed by atoms with Crippen molar-refractivity contribution >= 4 is 22.4 Å². The maximum atomic E-state index is 6.28. The van der Waals surface area contributed by atoms with Gasteiger partial charge in [0, 0.05) is 19.1 Å². The number of hydrogen-bond donors (Lipinski definition) is 0. The Morgan fingerprint density at radius 2 is 1.74 bits per heavy atom. The van der Waals surface area contributed by atoms with E-state index in [9.17, 15) is 0 Å². The Balaban J connectivity index is 1.96. The molecule has 1 aliphatic rings. The van der Waals surface area contributed by atoms with E-state index in [1.165, 1.54) is 16.3 Å². The minimum absolute atomic E-state index is 0.212. The second kappa shape index (κ2) is 5.52. The largest absolute Gasteiger partial charge is 0.381 e. The zero-order valence-corrected chi connectivity index (χ0v) is 11.8. The van der Waals surface area contributed by atoms with Gasteiger partial charge in [-0.05, 0) is 41.0 Å². The normalized spacial score (nSPS) is 18.6. The van der Waals surface area contributed by atoms with Gasteiger partial charge in [0.1, 0.15) is 0 Å². The minimum Gasteiger partial charge on any atom is -0.381 e. The van der Waals surface area contributed by atoms with E-state index in [2.05, 4.69) is 42.5 Å². The molecule has 0 aliphatic carbocycles. The van der Waals surface area contributed by atoms with Crippen molar-refractivity contribution in [3.8, 4) is 0 Å². The van der Waals surface area contributed by atoms with Gasteiger partial charge in [0.25, 0.3) is 0 Å². The summed E-state index contributed by atoms with van der Waals surface area (Å²) < 4.78 is 5.49. The molecule has 0 amide bonds. The molecule has 0 atom stereocenters. The van der Waals surface area contributed by atoms with Crippen LogP contribution in [-0.2, 0) is 11.2 Å². The predicted octanol–water partition coefficient (Wildman–Crippen LogP) is 4.42. The average molecular weight is 275 g/mol. The summed E-state index contributed by atoms with van der Waals surface area (Å²) in [5.74, 6) is 0.722. The Kier molecular flexibility index (Phi) is 3.76. The standard InChI is InChI=1S/C17H19ClO/c18-13-17(8-10-19-11-9-17)12-15-6-3-5-14-4-1-2-7-16(14)15/h1-7H,8-13H2. The fourth-order valence-electron chi connectivity index (χ4n) is 3.01. The number of alkyl halides is 1. The lowest BCUT2D eigenvalue weighted by Crippen LogP contribution is -2.33. The van der Waals surface area contributed by atoms with Gasteiger partial charge in [0.05, 0.1) is 0 Å². The summed E-state index contributed by atoms with van der Waals surface area (Å²) in [6.45, 7) is 1.69. The molecule has 0 unspecified atom stereocenters. The molecule has 0 N–H and O–H groups in total. The van der Waals surface area contributed by atoms with E-state index >= 15 is 0 Å². The quantitative estimate of drug-likeness (QED) is 0.753. The molecular weight excluding hydrogens is 256 g/mol. The number of halogens is 1. The Morgan fingerprint density at radius 1 is 1.00 bits per heavy atom.